The van der Waals surface area contributed by atoms with E-state index in [1.807, 2.05) is 6.07 Å². The molecule has 1 aromatic rings. The normalized spacial score (nSPS) is 22.9. The van der Waals surface area contributed by atoms with Gasteiger partial charge in [0, 0.05) is 24.6 Å². The third-order valence-corrected chi connectivity index (χ3v) is 3.91. The topological polar surface area (TPSA) is 49.8 Å². The van der Waals surface area contributed by atoms with Crippen molar-refractivity contribution in [2.75, 3.05) is 17.2 Å². The van der Waals surface area contributed by atoms with Crippen molar-refractivity contribution in [3.63, 3.8) is 0 Å². The number of rotatable bonds is 5. The average Bonchev–Trinajstić information content (AvgIpc) is 2.38. The largest absolute Gasteiger partial charge is 0.370 e. The number of nitrogens with zero attached hydrogens (tertiary/aromatic N) is 2. The van der Waals surface area contributed by atoms with Crippen LogP contribution in [0.1, 0.15) is 65.1 Å². The Morgan fingerprint density at radius 3 is 2.65 bits per heavy atom. The fourth-order valence-corrected chi connectivity index (χ4v) is 2.84. The molecular weight excluding hydrogens is 248 g/mol. The summed E-state index contributed by atoms with van der Waals surface area (Å²) in [6, 6.07) is 2.59. The Morgan fingerprint density at radius 1 is 1.25 bits per heavy atom. The summed E-state index contributed by atoms with van der Waals surface area (Å²) < 4.78 is 0. The lowest BCUT2D eigenvalue weighted by molar-refractivity contribution is 0.358. The number of hydrogen-bond acceptors (Lipinski definition) is 4. The van der Waals surface area contributed by atoms with Crippen molar-refractivity contribution in [2.45, 2.75) is 65.3 Å². The minimum absolute atomic E-state index is 0.347. The zero-order valence-electron chi connectivity index (χ0n) is 13.2. The van der Waals surface area contributed by atoms with Crippen LogP contribution in [0.25, 0.3) is 0 Å². The van der Waals surface area contributed by atoms with E-state index in [1.54, 1.807) is 0 Å². The maximum atomic E-state index is 4.67. The predicted molar refractivity (Wildman–Crippen MR) is 85.3 cm³/mol. The minimum atomic E-state index is 0.347. The van der Waals surface area contributed by atoms with E-state index in [-0.39, 0.29) is 0 Å². The van der Waals surface area contributed by atoms with Crippen molar-refractivity contribution in [3.05, 3.63) is 11.9 Å². The van der Waals surface area contributed by atoms with Gasteiger partial charge in [-0.1, -0.05) is 33.6 Å². The molecular formula is C16H28N4. The number of hydrogen-bond donors (Lipinski definition) is 2. The summed E-state index contributed by atoms with van der Waals surface area (Å²) in [4.78, 5) is 9.24. The Labute approximate surface area is 122 Å². The molecule has 2 N–H and O–H groups in total. The predicted octanol–water partition coefficient (Wildman–Crippen LogP) is 4.02. The maximum absolute atomic E-state index is 4.67. The molecule has 4 heteroatoms. The molecule has 0 spiro atoms. The van der Waals surface area contributed by atoms with Gasteiger partial charge in [0.05, 0.1) is 0 Å². The Morgan fingerprint density at radius 2 is 2.00 bits per heavy atom. The SMILES string of the molecule is CCNc1cc(NC2CCCC(C)C2)nc(C(C)C)n1. The highest BCUT2D eigenvalue weighted by atomic mass is 15.1. The van der Waals surface area contributed by atoms with Gasteiger partial charge in [-0.2, -0.15) is 0 Å². The van der Waals surface area contributed by atoms with Crippen LogP contribution in [-0.2, 0) is 0 Å². The summed E-state index contributed by atoms with van der Waals surface area (Å²) in [5.41, 5.74) is 0. The van der Waals surface area contributed by atoms with Gasteiger partial charge < -0.3 is 10.6 Å². The summed E-state index contributed by atoms with van der Waals surface area (Å²) >= 11 is 0. The molecule has 112 valence electrons. The van der Waals surface area contributed by atoms with E-state index in [0.717, 1.165) is 29.9 Å². The first-order chi connectivity index (χ1) is 9.58. The van der Waals surface area contributed by atoms with E-state index < -0.39 is 0 Å². The number of aromatic nitrogens is 2. The van der Waals surface area contributed by atoms with E-state index in [0.29, 0.717) is 12.0 Å². The molecule has 4 nitrogen and oxygen atoms in total. The van der Waals surface area contributed by atoms with Crippen LogP contribution < -0.4 is 10.6 Å². The highest BCUT2D eigenvalue weighted by molar-refractivity contribution is 5.48. The molecule has 1 fully saturated rings. The van der Waals surface area contributed by atoms with Crippen molar-refractivity contribution < 1.29 is 0 Å². The molecule has 1 aromatic heterocycles. The highest BCUT2D eigenvalue weighted by Gasteiger charge is 2.19. The quantitative estimate of drug-likeness (QED) is 0.852. The van der Waals surface area contributed by atoms with E-state index in [4.69, 9.17) is 0 Å². The monoisotopic (exact) mass is 276 g/mol. The molecule has 0 amide bonds. The Hall–Kier alpha value is -1.32. The van der Waals surface area contributed by atoms with Gasteiger partial charge in [0.15, 0.2) is 0 Å². The molecule has 20 heavy (non-hydrogen) atoms. The zero-order chi connectivity index (χ0) is 14.5. The molecule has 1 saturated carbocycles. The van der Waals surface area contributed by atoms with Crippen molar-refractivity contribution in [2.24, 2.45) is 5.92 Å². The van der Waals surface area contributed by atoms with Crippen LogP contribution in [0.5, 0.6) is 0 Å². The van der Waals surface area contributed by atoms with Gasteiger partial charge in [0.2, 0.25) is 0 Å². The first-order valence-electron chi connectivity index (χ1n) is 7.97. The third kappa shape index (κ3) is 4.09. The Kier molecular flexibility index (Phi) is 5.21. The van der Waals surface area contributed by atoms with Crippen LogP contribution in [0.2, 0.25) is 0 Å². The van der Waals surface area contributed by atoms with E-state index in [2.05, 4.69) is 48.3 Å². The molecule has 1 aliphatic carbocycles. The first-order valence-corrected chi connectivity index (χ1v) is 7.97. The van der Waals surface area contributed by atoms with Crippen molar-refractivity contribution >= 4 is 11.6 Å². The molecule has 2 atom stereocenters. The average molecular weight is 276 g/mol. The fraction of sp³-hybridized carbons (Fsp3) is 0.750. The lowest BCUT2D eigenvalue weighted by Crippen LogP contribution is -2.27. The third-order valence-electron chi connectivity index (χ3n) is 3.91. The molecule has 0 bridgehead atoms. The summed E-state index contributed by atoms with van der Waals surface area (Å²) in [7, 11) is 0. The lowest BCUT2D eigenvalue weighted by atomic mass is 9.87. The summed E-state index contributed by atoms with van der Waals surface area (Å²) in [6.45, 7) is 9.59. The van der Waals surface area contributed by atoms with Crippen molar-refractivity contribution in [1.29, 1.82) is 0 Å². The fourth-order valence-electron chi connectivity index (χ4n) is 2.84. The van der Waals surface area contributed by atoms with Crippen LogP contribution in [0.15, 0.2) is 6.07 Å². The second-order valence-corrected chi connectivity index (χ2v) is 6.29. The molecule has 1 aliphatic rings. The molecule has 0 aliphatic heterocycles. The summed E-state index contributed by atoms with van der Waals surface area (Å²) in [5.74, 6) is 3.98. The standard InChI is InChI=1S/C16H28N4/c1-5-17-14-10-15(20-16(19-14)11(2)3)18-13-8-6-7-12(4)9-13/h10-13H,5-9H2,1-4H3,(H2,17,18,19,20). The van der Waals surface area contributed by atoms with Crippen LogP contribution in [0, 0.1) is 5.92 Å². The van der Waals surface area contributed by atoms with Crippen LogP contribution >= 0.6 is 0 Å². The van der Waals surface area contributed by atoms with E-state index >= 15 is 0 Å². The number of anilines is 2. The van der Waals surface area contributed by atoms with E-state index in [1.165, 1.54) is 25.7 Å². The minimum Gasteiger partial charge on any atom is -0.370 e. The molecule has 2 rings (SSSR count). The first kappa shape index (κ1) is 15.1. The summed E-state index contributed by atoms with van der Waals surface area (Å²) in [5, 5.41) is 6.91. The van der Waals surface area contributed by atoms with Gasteiger partial charge in [-0.05, 0) is 25.7 Å². The van der Waals surface area contributed by atoms with Crippen molar-refractivity contribution in [3.8, 4) is 0 Å². The lowest BCUT2D eigenvalue weighted by Gasteiger charge is -2.28. The molecule has 0 saturated heterocycles. The Bertz CT molecular complexity index is 430. The van der Waals surface area contributed by atoms with Gasteiger partial charge in [-0.25, -0.2) is 9.97 Å². The molecule has 0 radical (unpaired) electrons. The van der Waals surface area contributed by atoms with Gasteiger partial charge >= 0.3 is 0 Å². The van der Waals surface area contributed by atoms with Gasteiger partial charge in [0.25, 0.3) is 0 Å². The van der Waals surface area contributed by atoms with Gasteiger partial charge in [-0.3, -0.25) is 0 Å². The van der Waals surface area contributed by atoms with Crippen LogP contribution in [0.4, 0.5) is 11.6 Å². The smallest absolute Gasteiger partial charge is 0.135 e. The second-order valence-electron chi connectivity index (χ2n) is 6.29. The summed E-state index contributed by atoms with van der Waals surface area (Å²) in [6.07, 6.45) is 5.18. The zero-order valence-corrected chi connectivity index (χ0v) is 13.2. The van der Waals surface area contributed by atoms with E-state index in [9.17, 15) is 0 Å². The highest BCUT2D eigenvalue weighted by Crippen LogP contribution is 2.26. The van der Waals surface area contributed by atoms with Gasteiger partial charge in [0.1, 0.15) is 17.5 Å². The number of nitrogens with one attached hydrogen (secondary N) is 2. The van der Waals surface area contributed by atoms with Crippen molar-refractivity contribution in [1.82, 2.24) is 9.97 Å². The Balaban J connectivity index is 2.12. The van der Waals surface area contributed by atoms with Gasteiger partial charge in [-0.15, -0.1) is 0 Å². The molecule has 2 unspecified atom stereocenters. The second kappa shape index (κ2) is 6.91. The maximum Gasteiger partial charge on any atom is 0.135 e. The van der Waals surface area contributed by atoms with Crippen LogP contribution in [0.3, 0.4) is 0 Å². The molecule has 0 aromatic carbocycles. The van der Waals surface area contributed by atoms with Crippen LogP contribution in [-0.4, -0.2) is 22.6 Å². The molecule has 1 heterocycles.